The van der Waals surface area contributed by atoms with Crippen LogP contribution >= 0.6 is 0 Å². The second-order valence-corrected chi connectivity index (χ2v) is 7.02. The van der Waals surface area contributed by atoms with Crippen LogP contribution in [0.25, 0.3) is 5.69 Å². The van der Waals surface area contributed by atoms with Crippen molar-refractivity contribution in [3.8, 4) is 11.4 Å². The summed E-state index contributed by atoms with van der Waals surface area (Å²) in [5, 5.41) is 10.8. The van der Waals surface area contributed by atoms with E-state index in [1.165, 1.54) is 0 Å². The molecule has 0 aliphatic carbocycles. The Bertz CT molecular complexity index is 934. The quantitative estimate of drug-likeness (QED) is 0.788. The molecule has 2 heterocycles. The number of aromatic nitrogens is 3. The van der Waals surface area contributed by atoms with Crippen molar-refractivity contribution in [2.45, 2.75) is 31.9 Å². The summed E-state index contributed by atoms with van der Waals surface area (Å²) in [7, 11) is 0. The summed E-state index contributed by atoms with van der Waals surface area (Å²) in [6.07, 6.45) is 3.86. The number of para-hydroxylation sites is 2. The fourth-order valence-electron chi connectivity index (χ4n) is 3.38. The fourth-order valence-corrected chi connectivity index (χ4v) is 3.38. The first kappa shape index (κ1) is 16.3. The summed E-state index contributed by atoms with van der Waals surface area (Å²) >= 11 is 0. The predicted molar refractivity (Wildman–Crippen MR) is 97.3 cm³/mol. The van der Waals surface area contributed by atoms with Crippen LogP contribution in [0.3, 0.4) is 0 Å². The maximum Gasteiger partial charge on any atom is 0.253 e. The molecular weight excluding hydrogens is 328 g/mol. The summed E-state index contributed by atoms with van der Waals surface area (Å²) in [6, 6.07) is 15.2. The van der Waals surface area contributed by atoms with Gasteiger partial charge < -0.3 is 10.1 Å². The zero-order chi connectivity index (χ0) is 18.1. The third-order valence-corrected chi connectivity index (χ3v) is 4.53. The van der Waals surface area contributed by atoms with Crippen molar-refractivity contribution < 1.29 is 9.53 Å². The van der Waals surface area contributed by atoms with Crippen molar-refractivity contribution >= 4 is 5.91 Å². The zero-order valence-corrected chi connectivity index (χ0v) is 14.7. The summed E-state index contributed by atoms with van der Waals surface area (Å²) < 4.78 is 7.78. The van der Waals surface area contributed by atoms with E-state index in [1.807, 2.05) is 56.3 Å². The number of fused-ring (bicyclic) bond motifs is 1. The molecule has 1 atom stereocenters. The lowest BCUT2D eigenvalue weighted by Crippen LogP contribution is -2.41. The molecule has 1 aliphatic rings. The van der Waals surface area contributed by atoms with E-state index in [2.05, 4.69) is 15.5 Å². The molecule has 0 saturated heterocycles. The van der Waals surface area contributed by atoms with E-state index in [9.17, 15) is 4.79 Å². The van der Waals surface area contributed by atoms with Crippen molar-refractivity contribution in [3.05, 3.63) is 72.3 Å². The molecule has 132 valence electrons. The average molecular weight is 348 g/mol. The van der Waals surface area contributed by atoms with E-state index in [-0.39, 0.29) is 17.6 Å². The standard InChI is InChI=1S/C20H20N4O2/c1-20(2)11-16(14-7-4-6-10-18(14)26-20)23-19(25)15-8-3-5-9-17(15)24-12-21-22-13-24/h3-10,12-13,16H,11H2,1-2H3,(H,23,25)/t16-/m0/s1. The van der Waals surface area contributed by atoms with Crippen molar-refractivity contribution in [2.24, 2.45) is 0 Å². The lowest BCUT2D eigenvalue weighted by atomic mass is 9.89. The monoisotopic (exact) mass is 348 g/mol. The van der Waals surface area contributed by atoms with Crippen LogP contribution in [0.4, 0.5) is 0 Å². The van der Waals surface area contributed by atoms with Gasteiger partial charge in [0, 0.05) is 12.0 Å². The number of rotatable bonds is 3. The first-order chi connectivity index (χ1) is 12.5. The lowest BCUT2D eigenvalue weighted by Gasteiger charge is -2.38. The van der Waals surface area contributed by atoms with Gasteiger partial charge in [0.2, 0.25) is 0 Å². The predicted octanol–water partition coefficient (Wildman–Crippen LogP) is 3.30. The maximum atomic E-state index is 13.0. The number of carbonyl (C=O) groups excluding carboxylic acids is 1. The SMILES string of the molecule is CC1(C)C[C@H](NC(=O)c2ccccc2-n2cnnc2)c2ccccc2O1. The Kier molecular flexibility index (Phi) is 3.95. The highest BCUT2D eigenvalue weighted by atomic mass is 16.5. The van der Waals surface area contributed by atoms with Gasteiger partial charge in [0.25, 0.3) is 5.91 Å². The molecule has 0 saturated carbocycles. The average Bonchev–Trinajstić information content (AvgIpc) is 3.15. The van der Waals surface area contributed by atoms with Gasteiger partial charge >= 0.3 is 0 Å². The number of hydrogen-bond donors (Lipinski definition) is 1. The smallest absolute Gasteiger partial charge is 0.253 e. The highest BCUT2D eigenvalue weighted by Crippen LogP contribution is 2.39. The molecule has 2 aromatic carbocycles. The Morgan fingerprint density at radius 3 is 2.62 bits per heavy atom. The van der Waals surface area contributed by atoms with Gasteiger partial charge in [-0.1, -0.05) is 30.3 Å². The molecule has 6 nitrogen and oxygen atoms in total. The van der Waals surface area contributed by atoms with Gasteiger partial charge in [-0.05, 0) is 32.0 Å². The van der Waals surface area contributed by atoms with Crippen LogP contribution < -0.4 is 10.1 Å². The number of benzene rings is 2. The zero-order valence-electron chi connectivity index (χ0n) is 14.7. The van der Waals surface area contributed by atoms with E-state index in [1.54, 1.807) is 23.3 Å². The molecule has 3 aromatic rings. The van der Waals surface area contributed by atoms with E-state index in [4.69, 9.17) is 4.74 Å². The number of hydrogen-bond acceptors (Lipinski definition) is 4. The Morgan fingerprint density at radius 1 is 1.12 bits per heavy atom. The van der Waals surface area contributed by atoms with Crippen LogP contribution in [0, 0.1) is 0 Å². The third-order valence-electron chi connectivity index (χ3n) is 4.53. The third kappa shape index (κ3) is 3.06. The first-order valence-corrected chi connectivity index (χ1v) is 8.56. The van der Waals surface area contributed by atoms with Crippen molar-refractivity contribution in [1.29, 1.82) is 0 Å². The molecule has 1 N–H and O–H groups in total. The number of carbonyl (C=O) groups is 1. The molecule has 1 amide bonds. The Balaban J connectivity index is 1.66. The van der Waals surface area contributed by atoms with Crippen LogP contribution in [-0.4, -0.2) is 26.3 Å². The first-order valence-electron chi connectivity index (χ1n) is 8.56. The minimum absolute atomic E-state index is 0.114. The summed E-state index contributed by atoms with van der Waals surface area (Å²) in [5.41, 5.74) is 1.98. The van der Waals surface area contributed by atoms with E-state index >= 15 is 0 Å². The largest absolute Gasteiger partial charge is 0.487 e. The molecule has 0 bridgehead atoms. The van der Waals surface area contributed by atoms with Crippen LogP contribution in [0.5, 0.6) is 5.75 Å². The molecule has 0 unspecified atom stereocenters. The van der Waals surface area contributed by atoms with Gasteiger partial charge in [-0.3, -0.25) is 9.36 Å². The molecule has 1 aromatic heterocycles. The normalized spacial score (nSPS) is 17.8. The Labute approximate surface area is 151 Å². The highest BCUT2D eigenvalue weighted by molar-refractivity contribution is 5.98. The molecule has 6 heteroatoms. The molecule has 0 radical (unpaired) electrons. The van der Waals surface area contributed by atoms with Crippen LogP contribution in [-0.2, 0) is 0 Å². The minimum Gasteiger partial charge on any atom is -0.487 e. The summed E-state index contributed by atoms with van der Waals surface area (Å²) in [4.78, 5) is 13.0. The van der Waals surface area contributed by atoms with Gasteiger partial charge in [-0.15, -0.1) is 10.2 Å². The highest BCUT2D eigenvalue weighted by Gasteiger charge is 2.34. The van der Waals surface area contributed by atoms with Crippen LogP contribution in [0.2, 0.25) is 0 Å². The van der Waals surface area contributed by atoms with Crippen LogP contribution in [0.1, 0.15) is 42.2 Å². The maximum absolute atomic E-state index is 13.0. The Morgan fingerprint density at radius 2 is 1.81 bits per heavy atom. The van der Waals surface area contributed by atoms with Gasteiger partial charge in [0.05, 0.1) is 17.3 Å². The fraction of sp³-hybridized carbons (Fsp3) is 0.250. The number of amides is 1. The van der Waals surface area contributed by atoms with E-state index < -0.39 is 0 Å². The second-order valence-electron chi connectivity index (χ2n) is 7.02. The second kappa shape index (κ2) is 6.29. The van der Waals surface area contributed by atoms with Crippen LogP contribution in [0.15, 0.2) is 61.2 Å². The molecule has 4 rings (SSSR count). The molecule has 0 fully saturated rings. The van der Waals surface area contributed by atoms with Crippen molar-refractivity contribution in [1.82, 2.24) is 20.1 Å². The molecular formula is C20H20N4O2. The number of ether oxygens (including phenoxy) is 1. The summed E-state index contributed by atoms with van der Waals surface area (Å²) in [6.45, 7) is 4.07. The molecule has 0 spiro atoms. The van der Waals surface area contributed by atoms with Crippen molar-refractivity contribution in [2.75, 3.05) is 0 Å². The number of nitrogens with zero attached hydrogens (tertiary/aromatic N) is 3. The molecule has 1 aliphatic heterocycles. The molecule has 26 heavy (non-hydrogen) atoms. The Hall–Kier alpha value is -3.15. The lowest BCUT2D eigenvalue weighted by molar-refractivity contribution is 0.0620. The van der Waals surface area contributed by atoms with E-state index in [0.717, 1.165) is 17.0 Å². The van der Waals surface area contributed by atoms with Gasteiger partial charge in [0.15, 0.2) is 0 Å². The van der Waals surface area contributed by atoms with Gasteiger partial charge in [0.1, 0.15) is 24.0 Å². The van der Waals surface area contributed by atoms with Gasteiger partial charge in [-0.2, -0.15) is 0 Å². The number of nitrogens with one attached hydrogen (secondary N) is 1. The topological polar surface area (TPSA) is 69.0 Å². The minimum atomic E-state index is -0.347. The van der Waals surface area contributed by atoms with Gasteiger partial charge in [-0.25, -0.2) is 0 Å². The van der Waals surface area contributed by atoms with E-state index in [0.29, 0.717) is 12.0 Å². The summed E-state index contributed by atoms with van der Waals surface area (Å²) in [5.74, 6) is 0.688. The van der Waals surface area contributed by atoms with Crippen molar-refractivity contribution in [3.63, 3.8) is 0 Å².